The quantitative estimate of drug-likeness (QED) is 0.739. The average molecular weight is 430 g/mol. The topological polar surface area (TPSA) is 94.4 Å². The first kappa shape index (κ1) is 20.0. The minimum atomic E-state index is -0.989. The number of hydrogen-bond acceptors (Lipinski definition) is 6. The van der Waals surface area contributed by atoms with E-state index in [1.165, 1.54) is 17.1 Å². The van der Waals surface area contributed by atoms with Gasteiger partial charge in [-0.2, -0.15) is 5.11 Å². The fourth-order valence-corrected chi connectivity index (χ4v) is 3.59. The molecule has 0 bridgehead atoms. The molecule has 8 nitrogen and oxygen atoms in total. The van der Waals surface area contributed by atoms with Gasteiger partial charge in [-0.25, -0.2) is 9.29 Å². The molecule has 2 atom stereocenters. The number of fused-ring (bicyclic) bond motifs is 1. The van der Waals surface area contributed by atoms with E-state index in [4.69, 9.17) is 11.6 Å². The van der Waals surface area contributed by atoms with Gasteiger partial charge in [-0.05, 0) is 42.3 Å². The Balaban J connectivity index is 1.47. The number of carbonyl (C=O) groups excluding carboxylic acids is 3. The van der Waals surface area contributed by atoms with Crippen LogP contribution in [0.3, 0.4) is 0 Å². The zero-order valence-corrected chi connectivity index (χ0v) is 16.6. The van der Waals surface area contributed by atoms with Crippen LogP contribution in [-0.2, 0) is 20.8 Å². The molecule has 2 aliphatic heterocycles. The first-order chi connectivity index (χ1) is 14.4. The summed E-state index contributed by atoms with van der Waals surface area (Å²) in [6.07, 6.45) is 0.837. The fourth-order valence-electron chi connectivity index (χ4n) is 3.41. The maximum absolute atomic E-state index is 13.3. The van der Waals surface area contributed by atoms with E-state index in [2.05, 4.69) is 15.7 Å². The number of nitrogens with zero attached hydrogens (tertiary/aromatic N) is 4. The normalized spacial score (nSPS) is 20.1. The van der Waals surface area contributed by atoms with Crippen molar-refractivity contribution >= 4 is 40.7 Å². The van der Waals surface area contributed by atoms with Gasteiger partial charge in [-0.3, -0.25) is 19.4 Å². The van der Waals surface area contributed by atoms with Crippen LogP contribution in [-0.4, -0.2) is 41.4 Å². The smallest absolute Gasteiger partial charge is 0.263 e. The molecule has 0 spiro atoms. The summed E-state index contributed by atoms with van der Waals surface area (Å²) in [4.78, 5) is 39.1. The van der Waals surface area contributed by atoms with Gasteiger partial charge >= 0.3 is 0 Å². The number of amides is 3. The van der Waals surface area contributed by atoms with Gasteiger partial charge in [-0.15, -0.1) is 0 Å². The van der Waals surface area contributed by atoms with E-state index < -0.39 is 35.6 Å². The van der Waals surface area contributed by atoms with Crippen LogP contribution in [0.5, 0.6) is 0 Å². The SMILES string of the molecule is CCc1ccc(N2C(=O)[C@@H]3N=NN(CC(=O)Nc4ccc(F)c(Cl)c4)[C@H]3C2=O)cc1. The van der Waals surface area contributed by atoms with Crippen LogP contribution in [0.2, 0.25) is 5.02 Å². The summed E-state index contributed by atoms with van der Waals surface area (Å²) in [5, 5.41) is 11.3. The van der Waals surface area contributed by atoms with Crippen LogP contribution in [0.25, 0.3) is 0 Å². The van der Waals surface area contributed by atoms with Gasteiger partial charge in [0.2, 0.25) is 5.91 Å². The lowest BCUT2D eigenvalue weighted by Gasteiger charge is -2.20. The number of aryl methyl sites for hydroxylation is 1. The van der Waals surface area contributed by atoms with Crippen molar-refractivity contribution < 1.29 is 18.8 Å². The highest BCUT2D eigenvalue weighted by atomic mass is 35.5. The van der Waals surface area contributed by atoms with Gasteiger partial charge < -0.3 is 5.32 Å². The van der Waals surface area contributed by atoms with E-state index in [1.807, 2.05) is 19.1 Å². The summed E-state index contributed by atoms with van der Waals surface area (Å²) < 4.78 is 13.3. The first-order valence-electron chi connectivity index (χ1n) is 9.28. The molecule has 2 aromatic carbocycles. The van der Waals surface area contributed by atoms with Gasteiger partial charge in [0, 0.05) is 5.69 Å². The summed E-state index contributed by atoms with van der Waals surface area (Å²) in [6, 6.07) is 8.92. The van der Waals surface area contributed by atoms with Crippen LogP contribution in [0.15, 0.2) is 52.8 Å². The Morgan fingerprint density at radius 1 is 1.17 bits per heavy atom. The summed E-state index contributed by atoms with van der Waals surface area (Å²) in [5.74, 6) is -2.08. The number of nitrogens with one attached hydrogen (secondary N) is 1. The van der Waals surface area contributed by atoms with Crippen molar-refractivity contribution in [3.05, 3.63) is 58.9 Å². The zero-order chi connectivity index (χ0) is 21.4. The minimum Gasteiger partial charge on any atom is -0.324 e. The Morgan fingerprint density at radius 3 is 2.57 bits per heavy atom. The largest absolute Gasteiger partial charge is 0.324 e. The molecule has 0 unspecified atom stereocenters. The van der Waals surface area contributed by atoms with Crippen molar-refractivity contribution in [3.63, 3.8) is 0 Å². The van der Waals surface area contributed by atoms with Crippen molar-refractivity contribution in [2.45, 2.75) is 25.4 Å². The Labute approximate surface area is 176 Å². The Hall–Kier alpha value is -3.33. The molecule has 3 amide bonds. The van der Waals surface area contributed by atoms with E-state index in [9.17, 15) is 18.8 Å². The van der Waals surface area contributed by atoms with E-state index in [0.29, 0.717) is 11.4 Å². The standard InChI is InChI=1S/C20H17ClFN5O3/c1-2-11-3-6-13(7-4-11)27-19(29)17-18(20(27)30)26(25-24-17)10-16(28)23-12-5-8-15(22)14(21)9-12/h3-9,17-18H,2,10H2,1H3,(H,23,28)/t17-,18-/m1/s1. The number of carbonyl (C=O) groups is 3. The second kappa shape index (κ2) is 7.83. The first-order valence-corrected chi connectivity index (χ1v) is 9.66. The highest BCUT2D eigenvalue weighted by molar-refractivity contribution is 6.31. The summed E-state index contributed by atoms with van der Waals surface area (Å²) >= 11 is 5.71. The highest BCUT2D eigenvalue weighted by Crippen LogP contribution is 2.32. The molecule has 10 heteroatoms. The molecule has 2 aromatic rings. The number of halogens is 2. The lowest BCUT2D eigenvalue weighted by atomic mass is 10.1. The van der Waals surface area contributed by atoms with Gasteiger partial charge in [0.05, 0.1) is 10.7 Å². The van der Waals surface area contributed by atoms with Crippen molar-refractivity contribution in [2.75, 3.05) is 16.8 Å². The minimum absolute atomic E-state index is 0.130. The summed E-state index contributed by atoms with van der Waals surface area (Å²) in [7, 11) is 0. The monoisotopic (exact) mass is 429 g/mol. The molecule has 2 heterocycles. The Bertz CT molecular complexity index is 1060. The Morgan fingerprint density at radius 2 is 1.90 bits per heavy atom. The van der Waals surface area contributed by atoms with Gasteiger partial charge in [0.25, 0.3) is 11.8 Å². The average Bonchev–Trinajstić information content (AvgIpc) is 3.24. The zero-order valence-electron chi connectivity index (χ0n) is 15.9. The third kappa shape index (κ3) is 3.52. The number of hydrogen-bond donors (Lipinski definition) is 1. The van der Waals surface area contributed by atoms with Gasteiger partial charge in [0.1, 0.15) is 12.4 Å². The molecular weight excluding hydrogens is 413 g/mol. The molecule has 1 N–H and O–H groups in total. The molecule has 1 saturated heterocycles. The fraction of sp³-hybridized carbons (Fsp3) is 0.250. The number of imide groups is 1. The van der Waals surface area contributed by atoms with Crippen LogP contribution < -0.4 is 10.2 Å². The van der Waals surface area contributed by atoms with Crippen molar-refractivity contribution in [2.24, 2.45) is 10.3 Å². The van der Waals surface area contributed by atoms with Gasteiger partial charge in [0.15, 0.2) is 12.1 Å². The molecule has 154 valence electrons. The molecule has 0 radical (unpaired) electrons. The van der Waals surface area contributed by atoms with Crippen LogP contribution in [0, 0.1) is 5.82 Å². The maximum Gasteiger partial charge on any atom is 0.263 e. The van der Waals surface area contributed by atoms with Crippen LogP contribution in [0.1, 0.15) is 12.5 Å². The molecule has 0 saturated carbocycles. The third-order valence-electron chi connectivity index (χ3n) is 4.97. The lowest BCUT2D eigenvalue weighted by molar-refractivity contribution is -0.123. The van der Waals surface area contributed by atoms with Crippen molar-refractivity contribution in [1.82, 2.24) is 5.01 Å². The molecule has 4 rings (SSSR count). The summed E-state index contributed by atoms with van der Waals surface area (Å²) in [6.45, 7) is 1.70. The third-order valence-corrected chi connectivity index (χ3v) is 5.26. The molecule has 2 aliphatic rings. The molecule has 1 fully saturated rings. The van der Waals surface area contributed by atoms with Crippen molar-refractivity contribution in [3.8, 4) is 0 Å². The van der Waals surface area contributed by atoms with E-state index in [0.717, 1.165) is 23.0 Å². The number of benzene rings is 2. The van der Waals surface area contributed by atoms with Crippen LogP contribution >= 0.6 is 11.6 Å². The maximum atomic E-state index is 13.3. The molecular formula is C20H17ClFN5O3. The lowest BCUT2D eigenvalue weighted by Crippen LogP contribution is -2.43. The second-order valence-electron chi connectivity index (χ2n) is 6.90. The predicted molar refractivity (Wildman–Crippen MR) is 107 cm³/mol. The van der Waals surface area contributed by atoms with Crippen LogP contribution in [0.4, 0.5) is 15.8 Å². The number of anilines is 2. The predicted octanol–water partition coefficient (Wildman–Crippen LogP) is 2.97. The van der Waals surface area contributed by atoms with E-state index in [1.54, 1.807) is 12.1 Å². The van der Waals surface area contributed by atoms with Crippen molar-refractivity contribution in [1.29, 1.82) is 0 Å². The molecule has 0 aliphatic carbocycles. The van der Waals surface area contributed by atoms with E-state index >= 15 is 0 Å². The second-order valence-corrected chi connectivity index (χ2v) is 7.31. The van der Waals surface area contributed by atoms with E-state index in [-0.39, 0.29) is 11.6 Å². The molecule has 0 aromatic heterocycles. The highest BCUT2D eigenvalue weighted by Gasteiger charge is 2.55. The van der Waals surface area contributed by atoms with Gasteiger partial charge in [-0.1, -0.05) is 35.9 Å². The molecule has 30 heavy (non-hydrogen) atoms. The number of rotatable bonds is 5. The summed E-state index contributed by atoms with van der Waals surface area (Å²) in [5.41, 5.74) is 1.83. The Kier molecular flexibility index (Phi) is 5.21.